The summed E-state index contributed by atoms with van der Waals surface area (Å²) in [5, 5.41) is 0. The van der Waals surface area contributed by atoms with Crippen LogP contribution in [0.1, 0.15) is 75.7 Å². The zero-order valence-corrected chi connectivity index (χ0v) is 20.4. The zero-order chi connectivity index (χ0) is 25.9. The first kappa shape index (κ1) is 27.0. The largest absolute Gasteiger partial charge is 0.422 e. The minimum Gasteiger partial charge on any atom is -0.348 e. The van der Waals surface area contributed by atoms with Gasteiger partial charge in [-0.3, -0.25) is 0 Å². The Morgan fingerprint density at radius 1 is 0.750 bits per heavy atom. The van der Waals surface area contributed by atoms with Crippen LogP contribution in [0.4, 0.5) is 26.3 Å². The molecule has 2 aromatic rings. The highest BCUT2D eigenvalue weighted by Crippen LogP contribution is 2.38. The van der Waals surface area contributed by atoms with Gasteiger partial charge in [-0.05, 0) is 42.0 Å². The molecule has 0 unspecified atom stereocenters. The van der Waals surface area contributed by atoms with E-state index in [9.17, 15) is 26.3 Å². The van der Waals surface area contributed by atoms with Crippen molar-refractivity contribution < 1.29 is 35.8 Å². The van der Waals surface area contributed by atoms with Gasteiger partial charge in [-0.1, -0.05) is 64.0 Å². The second-order valence-electron chi connectivity index (χ2n) is 10.2. The van der Waals surface area contributed by atoms with E-state index in [0.717, 1.165) is 30.7 Å². The van der Waals surface area contributed by atoms with Gasteiger partial charge in [-0.25, -0.2) is 13.2 Å². The molecule has 36 heavy (non-hydrogen) atoms. The highest BCUT2D eigenvalue weighted by atomic mass is 19.4. The predicted molar refractivity (Wildman–Crippen MR) is 124 cm³/mol. The van der Waals surface area contributed by atoms with Crippen molar-refractivity contribution >= 4 is 0 Å². The van der Waals surface area contributed by atoms with E-state index in [-0.39, 0.29) is 17.0 Å². The van der Waals surface area contributed by atoms with E-state index in [1.165, 1.54) is 50.7 Å². The molecule has 2 fully saturated rings. The number of hydrogen-bond acceptors (Lipinski definition) is 2. The fraction of sp³-hybridized carbons (Fsp3) is 0.571. The predicted octanol–water partition coefficient (Wildman–Crippen LogP) is 8.84. The van der Waals surface area contributed by atoms with E-state index in [2.05, 4.69) is 6.92 Å². The normalized spacial score (nSPS) is 25.2. The maximum Gasteiger partial charge on any atom is 0.422 e. The summed E-state index contributed by atoms with van der Waals surface area (Å²) >= 11 is 0. The number of ether oxygens (including phenoxy) is 2. The van der Waals surface area contributed by atoms with Gasteiger partial charge in [0.25, 0.3) is 0 Å². The molecule has 1 saturated carbocycles. The molecule has 4 rings (SSSR count). The molecule has 0 aromatic heterocycles. The maximum absolute atomic E-state index is 14.8. The van der Waals surface area contributed by atoms with Crippen molar-refractivity contribution in [3.63, 3.8) is 0 Å². The van der Waals surface area contributed by atoms with Crippen molar-refractivity contribution in [2.24, 2.45) is 17.8 Å². The first-order chi connectivity index (χ1) is 17.2. The summed E-state index contributed by atoms with van der Waals surface area (Å²) in [6.07, 6.45) is 4.05. The average Bonchev–Trinajstić information content (AvgIpc) is 2.83. The molecular weight excluding hydrogens is 482 g/mol. The summed E-state index contributed by atoms with van der Waals surface area (Å²) < 4.78 is 92.7. The van der Waals surface area contributed by atoms with Crippen LogP contribution >= 0.6 is 0 Å². The van der Waals surface area contributed by atoms with Gasteiger partial charge in [-0.15, -0.1) is 0 Å². The van der Waals surface area contributed by atoms with Crippen molar-refractivity contribution in [2.45, 2.75) is 70.8 Å². The molecule has 0 N–H and O–H groups in total. The van der Waals surface area contributed by atoms with Crippen LogP contribution < -0.4 is 0 Å². The summed E-state index contributed by atoms with van der Waals surface area (Å²) in [5.41, 5.74) is -2.13. The Balaban J connectivity index is 1.32. The highest BCUT2D eigenvalue weighted by molar-refractivity contribution is 5.65. The van der Waals surface area contributed by atoms with Gasteiger partial charge in [0.15, 0.2) is 6.29 Å². The van der Waals surface area contributed by atoms with E-state index in [1.54, 1.807) is 0 Å². The molecule has 2 nitrogen and oxygen atoms in total. The molecule has 2 aliphatic rings. The number of alkyl halides is 3. The monoisotopic (exact) mass is 514 g/mol. The quantitative estimate of drug-likeness (QED) is 0.344. The van der Waals surface area contributed by atoms with Crippen LogP contribution in [0, 0.1) is 35.2 Å². The molecule has 0 atom stereocenters. The molecular formula is C28H32F6O2. The molecule has 2 aromatic carbocycles. The molecule has 198 valence electrons. The van der Waals surface area contributed by atoms with Gasteiger partial charge in [0.2, 0.25) is 0 Å². The van der Waals surface area contributed by atoms with Crippen LogP contribution in [0.2, 0.25) is 0 Å². The molecule has 1 saturated heterocycles. The summed E-state index contributed by atoms with van der Waals surface area (Å²) in [7, 11) is 0. The first-order valence-corrected chi connectivity index (χ1v) is 12.7. The molecule has 1 aliphatic heterocycles. The lowest BCUT2D eigenvalue weighted by atomic mass is 9.77. The second-order valence-corrected chi connectivity index (χ2v) is 10.2. The van der Waals surface area contributed by atoms with Crippen molar-refractivity contribution in [3.8, 4) is 11.1 Å². The van der Waals surface area contributed by atoms with Crippen molar-refractivity contribution in [2.75, 3.05) is 13.2 Å². The van der Waals surface area contributed by atoms with Crippen molar-refractivity contribution in [1.29, 1.82) is 0 Å². The lowest BCUT2D eigenvalue weighted by molar-refractivity contribution is -0.206. The summed E-state index contributed by atoms with van der Waals surface area (Å²) in [5.74, 6) is -2.49. The lowest BCUT2D eigenvalue weighted by Crippen LogP contribution is -2.28. The summed E-state index contributed by atoms with van der Waals surface area (Å²) in [4.78, 5) is 0. The third-order valence-electron chi connectivity index (χ3n) is 7.51. The van der Waals surface area contributed by atoms with Gasteiger partial charge in [-0.2, -0.15) is 13.2 Å². The minimum atomic E-state index is -5.18. The van der Waals surface area contributed by atoms with Crippen LogP contribution in [-0.2, 0) is 15.7 Å². The maximum atomic E-state index is 14.8. The molecule has 0 spiro atoms. The Hall–Kier alpha value is -2.06. The van der Waals surface area contributed by atoms with E-state index >= 15 is 0 Å². The van der Waals surface area contributed by atoms with Gasteiger partial charge < -0.3 is 9.47 Å². The molecule has 0 bridgehead atoms. The molecule has 1 heterocycles. The Morgan fingerprint density at radius 3 is 1.83 bits per heavy atom. The molecule has 0 amide bonds. The standard InChI is InChI=1S/C28H32F6O2/c1-2-3-17-4-6-18(7-5-17)8-9-19-15-35-27(36-16-19)20-10-11-22(23(29)12-20)21-13-24(30)26(25(31)14-21)28(32,33)34/h10-14,17-19,27H,2-9,15-16H2,1H3. The fourth-order valence-corrected chi connectivity index (χ4v) is 5.50. The number of benzene rings is 2. The smallest absolute Gasteiger partial charge is 0.348 e. The van der Waals surface area contributed by atoms with Crippen LogP contribution in [-0.4, -0.2) is 13.2 Å². The Morgan fingerprint density at radius 2 is 1.31 bits per heavy atom. The Labute approximate surface area is 208 Å². The zero-order valence-electron chi connectivity index (χ0n) is 20.4. The topological polar surface area (TPSA) is 18.5 Å². The average molecular weight is 515 g/mol. The summed E-state index contributed by atoms with van der Waals surface area (Å²) in [6, 6.07) is 4.85. The third kappa shape index (κ3) is 6.43. The van der Waals surface area contributed by atoms with Gasteiger partial charge in [0.05, 0.1) is 13.2 Å². The van der Waals surface area contributed by atoms with Gasteiger partial charge in [0, 0.05) is 17.0 Å². The van der Waals surface area contributed by atoms with Crippen LogP contribution in [0.5, 0.6) is 0 Å². The van der Waals surface area contributed by atoms with E-state index < -0.39 is 35.5 Å². The number of hydrogen-bond donors (Lipinski definition) is 0. The molecule has 8 heteroatoms. The van der Waals surface area contributed by atoms with Crippen molar-refractivity contribution in [3.05, 3.63) is 58.9 Å². The molecule has 1 aliphatic carbocycles. The number of halogens is 6. The number of rotatable bonds is 7. The van der Waals surface area contributed by atoms with Crippen molar-refractivity contribution in [1.82, 2.24) is 0 Å². The van der Waals surface area contributed by atoms with Gasteiger partial charge in [0.1, 0.15) is 23.0 Å². The third-order valence-corrected chi connectivity index (χ3v) is 7.51. The van der Waals surface area contributed by atoms with E-state index in [0.29, 0.717) is 30.9 Å². The second kappa shape index (κ2) is 11.5. The first-order valence-electron chi connectivity index (χ1n) is 12.7. The van der Waals surface area contributed by atoms with E-state index in [4.69, 9.17) is 9.47 Å². The minimum absolute atomic E-state index is 0.215. The summed E-state index contributed by atoms with van der Waals surface area (Å²) in [6.45, 7) is 3.23. The van der Waals surface area contributed by atoms with E-state index in [1.807, 2.05) is 0 Å². The van der Waals surface area contributed by atoms with Crippen LogP contribution in [0.3, 0.4) is 0 Å². The SMILES string of the molecule is CCCC1CCC(CCC2COC(c3ccc(-c4cc(F)c(C(F)(F)F)c(F)c4)c(F)c3)OC2)CC1. The van der Waals surface area contributed by atoms with Crippen LogP contribution in [0.15, 0.2) is 30.3 Å². The Bertz CT molecular complexity index is 998. The fourth-order valence-electron chi connectivity index (χ4n) is 5.50. The lowest BCUT2D eigenvalue weighted by Gasteiger charge is -2.32. The highest BCUT2D eigenvalue weighted by Gasteiger charge is 2.38. The molecule has 0 radical (unpaired) electrons. The Kier molecular flexibility index (Phi) is 8.66. The van der Waals surface area contributed by atoms with Gasteiger partial charge >= 0.3 is 6.18 Å². The van der Waals surface area contributed by atoms with Crippen LogP contribution in [0.25, 0.3) is 11.1 Å².